The van der Waals surface area contributed by atoms with Gasteiger partial charge in [-0.3, -0.25) is 4.79 Å². The number of carbonyl (C=O) groups excluding carboxylic acids is 1. The van der Waals surface area contributed by atoms with Gasteiger partial charge in [0, 0.05) is 6.42 Å². The summed E-state index contributed by atoms with van der Waals surface area (Å²) < 4.78 is 0. The van der Waals surface area contributed by atoms with Crippen LogP contribution in [0.15, 0.2) is 0 Å². The van der Waals surface area contributed by atoms with Crippen molar-refractivity contribution in [1.29, 1.82) is 0 Å². The van der Waals surface area contributed by atoms with Gasteiger partial charge in [0.2, 0.25) is 5.91 Å². The molecule has 0 spiro atoms. The Morgan fingerprint density at radius 2 is 0.516 bits per heavy atom. The molecule has 4 heteroatoms. The van der Waals surface area contributed by atoms with E-state index in [1.54, 1.807) is 0 Å². The topological polar surface area (TPSA) is 69.6 Å². The van der Waals surface area contributed by atoms with Gasteiger partial charge in [0.05, 0.1) is 18.8 Å². The van der Waals surface area contributed by atoms with Crippen LogP contribution >= 0.6 is 0 Å². The molecular formula is C58H117NO3. The van der Waals surface area contributed by atoms with Crippen LogP contribution in [0.1, 0.15) is 348 Å². The summed E-state index contributed by atoms with van der Waals surface area (Å²) in [5, 5.41) is 23.2. The first-order valence-corrected chi connectivity index (χ1v) is 29.2. The van der Waals surface area contributed by atoms with Crippen molar-refractivity contribution >= 4 is 5.91 Å². The highest BCUT2D eigenvalue weighted by atomic mass is 16.3. The van der Waals surface area contributed by atoms with Crippen molar-refractivity contribution in [3.05, 3.63) is 0 Å². The van der Waals surface area contributed by atoms with E-state index in [9.17, 15) is 15.0 Å². The van der Waals surface area contributed by atoms with Crippen molar-refractivity contribution in [2.24, 2.45) is 0 Å². The average molecular weight is 877 g/mol. The lowest BCUT2D eigenvalue weighted by molar-refractivity contribution is -0.123. The molecule has 0 aromatic heterocycles. The van der Waals surface area contributed by atoms with Gasteiger partial charge in [0.1, 0.15) is 0 Å². The third kappa shape index (κ3) is 50.4. The summed E-state index contributed by atoms with van der Waals surface area (Å²) in [6.45, 7) is 4.38. The highest BCUT2D eigenvalue weighted by Gasteiger charge is 2.20. The number of rotatable bonds is 55. The van der Waals surface area contributed by atoms with Crippen LogP contribution < -0.4 is 5.32 Å². The first-order chi connectivity index (χ1) is 30.7. The molecule has 0 heterocycles. The molecule has 0 aromatic rings. The predicted octanol–water partition coefficient (Wildman–Crippen LogP) is 19.1. The zero-order valence-electron chi connectivity index (χ0n) is 42.9. The van der Waals surface area contributed by atoms with Crippen LogP contribution in [0.25, 0.3) is 0 Å². The van der Waals surface area contributed by atoms with E-state index in [0.29, 0.717) is 12.8 Å². The molecule has 1 amide bonds. The second-order valence-corrected chi connectivity index (χ2v) is 20.4. The summed E-state index contributed by atoms with van der Waals surface area (Å²) in [4.78, 5) is 12.4. The molecule has 0 bridgehead atoms. The number of aliphatic hydroxyl groups excluding tert-OH is 2. The minimum atomic E-state index is -0.652. The third-order valence-electron chi connectivity index (χ3n) is 14.1. The van der Waals surface area contributed by atoms with Gasteiger partial charge in [-0.15, -0.1) is 0 Å². The molecule has 0 aliphatic heterocycles. The lowest BCUT2D eigenvalue weighted by atomic mass is 10.0. The maximum atomic E-state index is 12.4. The number of aliphatic hydroxyl groups is 2. The van der Waals surface area contributed by atoms with E-state index in [1.807, 2.05) is 0 Å². The number of carbonyl (C=O) groups is 1. The Morgan fingerprint density at radius 3 is 0.726 bits per heavy atom. The number of hydrogen-bond donors (Lipinski definition) is 3. The van der Waals surface area contributed by atoms with Gasteiger partial charge in [-0.05, 0) is 12.8 Å². The molecule has 372 valence electrons. The van der Waals surface area contributed by atoms with Crippen LogP contribution in [-0.2, 0) is 4.79 Å². The number of hydrogen-bond acceptors (Lipinski definition) is 3. The fourth-order valence-corrected chi connectivity index (χ4v) is 9.66. The number of amides is 1. The van der Waals surface area contributed by atoms with E-state index in [-0.39, 0.29) is 12.5 Å². The Hall–Kier alpha value is -0.610. The van der Waals surface area contributed by atoms with Crippen molar-refractivity contribution in [1.82, 2.24) is 5.32 Å². The summed E-state index contributed by atoms with van der Waals surface area (Å²) in [5.74, 6) is -0.0252. The Balaban J connectivity index is 3.27. The summed E-state index contributed by atoms with van der Waals surface area (Å²) in [6, 6.07) is -0.529. The van der Waals surface area contributed by atoms with Crippen molar-refractivity contribution in [3.8, 4) is 0 Å². The van der Waals surface area contributed by atoms with E-state index < -0.39 is 12.1 Å². The van der Waals surface area contributed by atoms with Gasteiger partial charge in [-0.2, -0.15) is 0 Å². The maximum absolute atomic E-state index is 12.4. The van der Waals surface area contributed by atoms with Crippen molar-refractivity contribution < 1.29 is 15.0 Å². The van der Waals surface area contributed by atoms with E-state index in [1.165, 1.54) is 295 Å². The minimum Gasteiger partial charge on any atom is -0.394 e. The molecule has 0 radical (unpaired) electrons. The van der Waals surface area contributed by atoms with Gasteiger partial charge in [0.15, 0.2) is 0 Å². The molecule has 4 nitrogen and oxygen atoms in total. The van der Waals surface area contributed by atoms with Crippen LogP contribution in [0, 0.1) is 0 Å². The number of unbranched alkanes of at least 4 members (excludes halogenated alkanes) is 48. The Bertz CT molecular complexity index is 819. The summed E-state index contributed by atoms with van der Waals surface area (Å²) in [6.07, 6.45) is 69.9. The number of nitrogens with one attached hydrogen (secondary N) is 1. The monoisotopic (exact) mass is 876 g/mol. The lowest BCUT2D eigenvalue weighted by Gasteiger charge is -2.22. The van der Waals surface area contributed by atoms with E-state index in [4.69, 9.17) is 0 Å². The van der Waals surface area contributed by atoms with Crippen LogP contribution in [0.4, 0.5) is 0 Å². The second-order valence-electron chi connectivity index (χ2n) is 20.4. The largest absolute Gasteiger partial charge is 0.394 e. The Labute approximate surface area is 391 Å². The summed E-state index contributed by atoms with van der Waals surface area (Å²) >= 11 is 0. The van der Waals surface area contributed by atoms with Gasteiger partial charge in [-0.25, -0.2) is 0 Å². The van der Waals surface area contributed by atoms with Gasteiger partial charge >= 0.3 is 0 Å². The molecule has 0 aliphatic carbocycles. The normalized spacial score (nSPS) is 12.6. The molecule has 0 rings (SSSR count). The molecule has 0 saturated heterocycles. The van der Waals surface area contributed by atoms with Crippen LogP contribution in [0.5, 0.6) is 0 Å². The third-order valence-corrected chi connectivity index (χ3v) is 14.1. The SMILES string of the molecule is CCCCCCCCCCCCCCCCCCCCCCCCCCCCCCCCCCCCCCCCCCC(=O)NC(CO)C(O)CCCCCCCCCCCC. The molecule has 0 fully saturated rings. The van der Waals surface area contributed by atoms with Crippen LogP contribution in [-0.4, -0.2) is 34.9 Å². The van der Waals surface area contributed by atoms with E-state index in [0.717, 1.165) is 25.7 Å². The standard InChI is InChI=1S/C58H117NO3/c1-3-5-7-9-11-13-15-16-17-18-19-20-21-22-23-24-25-26-27-28-29-30-31-32-33-34-35-36-37-38-39-40-41-42-43-44-46-48-50-52-54-58(62)59-56(55-60)57(61)53-51-49-47-45-14-12-10-8-6-4-2/h56-57,60-61H,3-55H2,1-2H3,(H,59,62). The lowest BCUT2D eigenvalue weighted by Crippen LogP contribution is -2.45. The van der Waals surface area contributed by atoms with Crippen LogP contribution in [0.2, 0.25) is 0 Å². The van der Waals surface area contributed by atoms with Gasteiger partial charge in [0.25, 0.3) is 0 Å². The first-order valence-electron chi connectivity index (χ1n) is 29.2. The maximum Gasteiger partial charge on any atom is 0.220 e. The quantitative estimate of drug-likeness (QED) is 0.0533. The highest BCUT2D eigenvalue weighted by Crippen LogP contribution is 2.19. The summed E-state index contributed by atoms with van der Waals surface area (Å²) in [7, 11) is 0. The molecule has 3 N–H and O–H groups in total. The second kappa shape index (κ2) is 54.7. The van der Waals surface area contributed by atoms with E-state index in [2.05, 4.69) is 19.2 Å². The minimum absolute atomic E-state index is 0.0252. The fraction of sp³-hybridized carbons (Fsp3) is 0.983. The predicted molar refractivity (Wildman–Crippen MR) is 276 cm³/mol. The average Bonchev–Trinajstić information content (AvgIpc) is 3.28. The first kappa shape index (κ1) is 61.4. The zero-order valence-corrected chi connectivity index (χ0v) is 42.9. The Kier molecular flexibility index (Phi) is 54.2. The molecule has 0 aliphatic rings. The van der Waals surface area contributed by atoms with Gasteiger partial charge in [-0.1, -0.05) is 328 Å². The highest BCUT2D eigenvalue weighted by molar-refractivity contribution is 5.76. The summed E-state index contributed by atoms with van der Waals surface area (Å²) in [5.41, 5.74) is 0. The van der Waals surface area contributed by atoms with Crippen molar-refractivity contribution in [2.45, 2.75) is 360 Å². The molecule has 0 aromatic carbocycles. The zero-order chi connectivity index (χ0) is 44.9. The fourth-order valence-electron chi connectivity index (χ4n) is 9.66. The molecular weight excluding hydrogens is 759 g/mol. The molecule has 2 unspecified atom stereocenters. The van der Waals surface area contributed by atoms with E-state index >= 15 is 0 Å². The molecule has 62 heavy (non-hydrogen) atoms. The van der Waals surface area contributed by atoms with Crippen molar-refractivity contribution in [3.63, 3.8) is 0 Å². The van der Waals surface area contributed by atoms with Crippen molar-refractivity contribution in [2.75, 3.05) is 6.61 Å². The van der Waals surface area contributed by atoms with Crippen LogP contribution in [0.3, 0.4) is 0 Å². The smallest absolute Gasteiger partial charge is 0.220 e. The molecule has 0 saturated carbocycles. The Morgan fingerprint density at radius 1 is 0.323 bits per heavy atom. The van der Waals surface area contributed by atoms with Gasteiger partial charge < -0.3 is 15.5 Å². The molecule has 2 atom stereocenters.